The lowest BCUT2D eigenvalue weighted by Gasteiger charge is -2.29. The second-order valence-electron chi connectivity index (χ2n) is 6.40. The summed E-state index contributed by atoms with van der Waals surface area (Å²) in [6, 6.07) is 1.77. The number of hydrogen-bond donors (Lipinski definition) is 3. The lowest BCUT2D eigenvalue weighted by molar-refractivity contribution is -0.117. The van der Waals surface area contributed by atoms with Gasteiger partial charge in [-0.3, -0.25) is 19.9 Å². The van der Waals surface area contributed by atoms with Gasteiger partial charge < -0.3 is 19.5 Å². The zero-order valence-corrected chi connectivity index (χ0v) is 14.6. The Morgan fingerprint density at radius 2 is 2.19 bits per heavy atom. The van der Waals surface area contributed by atoms with Crippen LogP contribution in [0.4, 0.5) is 5.82 Å². The van der Waals surface area contributed by atoms with Crippen LogP contribution in [0.3, 0.4) is 0 Å². The van der Waals surface area contributed by atoms with E-state index < -0.39 is 0 Å². The van der Waals surface area contributed by atoms with Gasteiger partial charge in [-0.05, 0) is 32.0 Å². The lowest BCUT2D eigenvalue weighted by atomic mass is 10.2. The maximum Gasteiger partial charge on any atom is 0.270 e. The number of hydrogen-bond acceptors (Lipinski definition) is 6. The number of likely N-dealkylation sites (tertiary alicyclic amines) is 1. The molecule has 0 aromatic carbocycles. The number of ether oxygens (including phenoxy) is 1. The predicted molar refractivity (Wildman–Crippen MR) is 95.0 cm³/mol. The van der Waals surface area contributed by atoms with Crippen molar-refractivity contribution < 1.29 is 14.3 Å². The van der Waals surface area contributed by atoms with Crippen molar-refractivity contribution in [2.24, 2.45) is 0 Å². The van der Waals surface area contributed by atoms with Gasteiger partial charge in [0, 0.05) is 31.1 Å². The Balaban J connectivity index is 1.57. The minimum absolute atomic E-state index is 0.00970. The summed E-state index contributed by atoms with van der Waals surface area (Å²) in [6.07, 6.45) is 8.00. The molecule has 1 unspecified atom stereocenters. The third-order valence-corrected chi connectivity index (χ3v) is 4.80. The Morgan fingerprint density at radius 1 is 1.38 bits per heavy atom. The molecular weight excluding hydrogens is 336 g/mol. The molecule has 4 rings (SSSR count). The second kappa shape index (κ2) is 6.85. The number of nitrogens with one attached hydrogen (secondary N) is 3. The topological polar surface area (TPSA) is 92.9 Å². The number of fused-ring (bicyclic) bond motifs is 1. The quantitative estimate of drug-likeness (QED) is 0.519. The first-order valence-electron chi connectivity index (χ1n) is 8.69. The van der Waals surface area contributed by atoms with Gasteiger partial charge in [-0.1, -0.05) is 0 Å². The molecule has 3 aliphatic rings. The van der Waals surface area contributed by atoms with Gasteiger partial charge in [-0.15, -0.1) is 0 Å². The fraction of sp³-hybridized carbons (Fsp3) is 0.412. The Hall–Kier alpha value is -2.78. The maximum atomic E-state index is 12.6. The molecule has 0 bridgehead atoms. The fourth-order valence-corrected chi connectivity index (χ4v) is 3.45. The molecule has 1 fully saturated rings. The molecule has 138 valence electrons. The molecule has 3 N–H and O–H groups in total. The van der Waals surface area contributed by atoms with E-state index in [4.69, 9.17) is 4.74 Å². The highest BCUT2D eigenvalue weighted by Crippen LogP contribution is 2.37. The van der Waals surface area contributed by atoms with E-state index >= 15 is 0 Å². The molecule has 26 heavy (non-hydrogen) atoms. The molecule has 1 aromatic heterocycles. The van der Waals surface area contributed by atoms with E-state index in [1.807, 2.05) is 22.0 Å². The Bertz CT molecular complexity index is 765. The Morgan fingerprint density at radius 3 is 2.92 bits per heavy atom. The van der Waals surface area contributed by atoms with Crippen molar-refractivity contribution >= 4 is 18.1 Å². The van der Waals surface area contributed by atoms with Crippen LogP contribution in [0.5, 0.6) is 5.75 Å². The molecule has 1 atom stereocenters. The first-order valence-corrected chi connectivity index (χ1v) is 8.69. The number of anilines is 1. The summed E-state index contributed by atoms with van der Waals surface area (Å²) in [4.78, 5) is 32.3. The van der Waals surface area contributed by atoms with Crippen molar-refractivity contribution in [1.82, 2.24) is 25.6 Å². The number of nitrogens with zero attached hydrogens (tertiary/aromatic N) is 3. The number of carbonyl (C=O) groups excluding carboxylic acids is 2. The van der Waals surface area contributed by atoms with E-state index in [1.54, 1.807) is 19.3 Å². The number of H-pyrrole nitrogens is 1. The monoisotopic (exact) mass is 358 g/mol. The number of allylic oxidation sites excluding steroid dienone is 1. The van der Waals surface area contributed by atoms with Gasteiger partial charge >= 0.3 is 0 Å². The second-order valence-corrected chi connectivity index (χ2v) is 6.40. The van der Waals surface area contributed by atoms with E-state index in [9.17, 15) is 9.59 Å². The number of carbonyl (C=O) groups is 2. The van der Waals surface area contributed by atoms with Crippen LogP contribution in [-0.4, -0.2) is 60.1 Å². The van der Waals surface area contributed by atoms with Crippen LogP contribution in [0.25, 0.3) is 0 Å². The first kappa shape index (κ1) is 16.7. The van der Waals surface area contributed by atoms with Crippen LogP contribution in [0.1, 0.15) is 23.3 Å². The number of rotatable bonds is 5. The lowest BCUT2D eigenvalue weighted by Crippen LogP contribution is -2.48. The zero-order valence-electron chi connectivity index (χ0n) is 14.6. The van der Waals surface area contributed by atoms with E-state index in [2.05, 4.69) is 15.8 Å². The molecule has 2 amide bonds. The van der Waals surface area contributed by atoms with E-state index in [-0.39, 0.29) is 12.1 Å². The molecule has 1 aromatic rings. The largest absolute Gasteiger partial charge is 0.469 e. The van der Waals surface area contributed by atoms with Crippen LogP contribution >= 0.6 is 0 Å². The highest BCUT2D eigenvalue weighted by Gasteiger charge is 2.31. The van der Waals surface area contributed by atoms with Gasteiger partial charge in [0.15, 0.2) is 18.3 Å². The molecule has 0 aliphatic carbocycles. The van der Waals surface area contributed by atoms with Gasteiger partial charge in [0.05, 0.1) is 0 Å². The Kier molecular flexibility index (Phi) is 4.39. The summed E-state index contributed by atoms with van der Waals surface area (Å²) in [5, 5.41) is 0. The molecule has 0 radical (unpaired) electrons. The first-order chi connectivity index (χ1) is 12.7. The summed E-state index contributed by atoms with van der Waals surface area (Å²) >= 11 is 0. The van der Waals surface area contributed by atoms with Crippen molar-refractivity contribution in [3.63, 3.8) is 0 Å². The average Bonchev–Trinajstić information content (AvgIpc) is 3.38. The van der Waals surface area contributed by atoms with Crippen LogP contribution in [-0.2, 0) is 4.79 Å². The minimum Gasteiger partial charge on any atom is -0.469 e. The average molecular weight is 358 g/mol. The normalized spacial score (nSPS) is 21.7. The van der Waals surface area contributed by atoms with Gasteiger partial charge in [0.25, 0.3) is 5.91 Å². The maximum absolute atomic E-state index is 12.6. The zero-order chi connectivity index (χ0) is 18.1. The van der Waals surface area contributed by atoms with Gasteiger partial charge in [-0.2, -0.15) is 0 Å². The number of amides is 2. The Labute approximate surface area is 151 Å². The molecule has 3 aliphatic heterocycles. The summed E-state index contributed by atoms with van der Waals surface area (Å²) in [6.45, 7) is 1.96. The number of aromatic amines is 1. The van der Waals surface area contributed by atoms with Crippen molar-refractivity contribution in [2.75, 3.05) is 31.8 Å². The van der Waals surface area contributed by atoms with Crippen molar-refractivity contribution in [3.8, 4) is 5.75 Å². The fourth-order valence-electron chi connectivity index (χ4n) is 3.45. The van der Waals surface area contributed by atoms with Crippen LogP contribution in [0.15, 0.2) is 30.1 Å². The highest BCUT2D eigenvalue weighted by molar-refractivity contribution is 5.94. The molecule has 0 saturated carbocycles. The van der Waals surface area contributed by atoms with Crippen LogP contribution in [0, 0.1) is 0 Å². The van der Waals surface area contributed by atoms with Gasteiger partial charge in [0.1, 0.15) is 11.9 Å². The van der Waals surface area contributed by atoms with Gasteiger partial charge in [0.2, 0.25) is 6.41 Å². The molecule has 0 spiro atoms. The minimum atomic E-state index is -0.317. The van der Waals surface area contributed by atoms with Crippen molar-refractivity contribution in [2.45, 2.75) is 19.0 Å². The van der Waals surface area contributed by atoms with E-state index in [0.717, 1.165) is 43.9 Å². The van der Waals surface area contributed by atoms with E-state index in [0.29, 0.717) is 18.2 Å². The third-order valence-electron chi connectivity index (χ3n) is 4.80. The number of aromatic nitrogens is 1. The predicted octanol–water partition coefficient (Wildman–Crippen LogP) is 0.327. The van der Waals surface area contributed by atoms with Crippen molar-refractivity contribution in [3.05, 3.63) is 35.8 Å². The standard InChI is InChI=1S/C17H22N6O3/c1-18-20-15-8-12(4-7-22(15)10-24)23-11-26-14-9-13(19-16(14)23)17(25)21-5-2-3-6-21/h4,7-10,15,18-20H,2-3,5-6,11H2,1H3. The summed E-state index contributed by atoms with van der Waals surface area (Å²) < 4.78 is 5.74. The molecular formula is C17H22N6O3. The molecule has 4 heterocycles. The number of hydrazine groups is 1. The molecule has 1 saturated heterocycles. The van der Waals surface area contributed by atoms with Crippen LogP contribution in [0.2, 0.25) is 0 Å². The third kappa shape index (κ3) is 2.85. The summed E-state index contributed by atoms with van der Waals surface area (Å²) in [7, 11) is 1.74. The van der Waals surface area contributed by atoms with E-state index in [1.165, 1.54) is 4.90 Å². The molecule has 9 nitrogen and oxygen atoms in total. The summed E-state index contributed by atoms with van der Waals surface area (Å²) in [5.41, 5.74) is 7.26. The van der Waals surface area contributed by atoms with Crippen LogP contribution < -0.4 is 20.5 Å². The summed E-state index contributed by atoms with van der Waals surface area (Å²) in [5.74, 6) is 1.43. The highest BCUT2D eigenvalue weighted by atomic mass is 16.5. The van der Waals surface area contributed by atoms with Gasteiger partial charge in [-0.25, -0.2) is 5.43 Å². The molecule has 9 heteroatoms. The van der Waals surface area contributed by atoms with Crippen molar-refractivity contribution in [1.29, 1.82) is 0 Å². The SMILES string of the molecule is CNNC1C=C(N2COc3cc(C(=O)N4CCCC4)[nH]c32)C=CN1C=O. The smallest absolute Gasteiger partial charge is 0.270 e.